The van der Waals surface area contributed by atoms with Crippen LogP contribution in [0.25, 0.3) is 0 Å². The topological polar surface area (TPSA) is 38.1 Å². The van der Waals surface area contributed by atoms with Gasteiger partial charge in [0.25, 0.3) is 0 Å². The molecule has 0 spiro atoms. The van der Waals surface area contributed by atoms with Crippen molar-refractivity contribution in [2.45, 2.75) is 39.5 Å². The Balaban J connectivity index is 1.84. The molecule has 0 amide bonds. The van der Waals surface area contributed by atoms with E-state index in [1.165, 1.54) is 11.1 Å². The third-order valence-corrected chi connectivity index (χ3v) is 3.85. The fourth-order valence-electron chi connectivity index (χ4n) is 2.71. The van der Waals surface area contributed by atoms with Crippen LogP contribution in [0.3, 0.4) is 0 Å². The zero-order valence-corrected chi connectivity index (χ0v) is 12.8. The van der Waals surface area contributed by atoms with Crippen LogP contribution in [0, 0.1) is 13.8 Å². The molecule has 0 aliphatic carbocycles. The normalized spacial score (nSPS) is 14.2. The van der Waals surface area contributed by atoms with Gasteiger partial charge in [0.2, 0.25) is 0 Å². The summed E-state index contributed by atoms with van der Waals surface area (Å²) in [4.78, 5) is 0. The first kappa shape index (κ1) is 14.8. The molecule has 0 radical (unpaired) electrons. The van der Waals surface area contributed by atoms with Gasteiger partial charge in [-0.25, -0.2) is 0 Å². The van der Waals surface area contributed by atoms with Gasteiger partial charge in [0.1, 0.15) is 5.76 Å². The average molecular weight is 272 g/mol. The van der Waals surface area contributed by atoms with Crippen LogP contribution in [0.1, 0.15) is 48.3 Å². The lowest BCUT2D eigenvalue weighted by molar-refractivity contribution is 0.391. The largest absolute Gasteiger partial charge is 0.361 e. The van der Waals surface area contributed by atoms with Crippen molar-refractivity contribution in [2.24, 2.45) is 0 Å². The molecule has 108 valence electrons. The van der Waals surface area contributed by atoms with Crippen molar-refractivity contribution in [1.29, 1.82) is 0 Å². The SMILES string of the molecule is Cc1noc(C)c1[C@@H](C)CNC[C@H](C)c1ccccc1. The van der Waals surface area contributed by atoms with Crippen molar-refractivity contribution in [3.63, 3.8) is 0 Å². The molecule has 0 aliphatic rings. The molecule has 1 aromatic heterocycles. The predicted octanol–water partition coefficient (Wildman–Crippen LogP) is 3.79. The van der Waals surface area contributed by atoms with Crippen LogP contribution < -0.4 is 5.32 Å². The first-order valence-electron chi connectivity index (χ1n) is 7.28. The van der Waals surface area contributed by atoms with Crippen LogP contribution >= 0.6 is 0 Å². The second kappa shape index (κ2) is 6.71. The van der Waals surface area contributed by atoms with E-state index in [0.29, 0.717) is 11.8 Å². The molecule has 0 aliphatic heterocycles. The van der Waals surface area contributed by atoms with E-state index < -0.39 is 0 Å². The minimum absolute atomic E-state index is 0.421. The third kappa shape index (κ3) is 3.48. The van der Waals surface area contributed by atoms with E-state index in [4.69, 9.17) is 4.52 Å². The van der Waals surface area contributed by atoms with E-state index in [0.717, 1.165) is 24.5 Å². The first-order chi connectivity index (χ1) is 9.59. The zero-order chi connectivity index (χ0) is 14.5. The van der Waals surface area contributed by atoms with Crippen molar-refractivity contribution >= 4 is 0 Å². The highest BCUT2D eigenvalue weighted by Crippen LogP contribution is 2.22. The summed E-state index contributed by atoms with van der Waals surface area (Å²) in [5, 5.41) is 7.58. The number of aryl methyl sites for hydroxylation is 2. The van der Waals surface area contributed by atoms with E-state index in [1.54, 1.807) is 0 Å². The first-order valence-corrected chi connectivity index (χ1v) is 7.28. The Hall–Kier alpha value is -1.61. The fourth-order valence-corrected chi connectivity index (χ4v) is 2.71. The second-order valence-electron chi connectivity index (χ2n) is 5.61. The Labute approximate surface area is 121 Å². The number of rotatable bonds is 6. The molecule has 0 saturated carbocycles. The molecule has 0 unspecified atom stereocenters. The lowest BCUT2D eigenvalue weighted by atomic mass is 9.98. The lowest BCUT2D eigenvalue weighted by Gasteiger charge is -2.16. The molecule has 1 heterocycles. The average Bonchev–Trinajstić information content (AvgIpc) is 2.79. The minimum atomic E-state index is 0.421. The highest BCUT2D eigenvalue weighted by molar-refractivity contribution is 5.25. The van der Waals surface area contributed by atoms with Gasteiger partial charge in [-0.3, -0.25) is 0 Å². The number of nitrogens with one attached hydrogen (secondary N) is 1. The van der Waals surface area contributed by atoms with Gasteiger partial charge in [-0.05, 0) is 31.2 Å². The number of nitrogens with zero attached hydrogens (tertiary/aromatic N) is 1. The van der Waals surface area contributed by atoms with Crippen LogP contribution in [0.2, 0.25) is 0 Å². The Morgan fingerprint density at radius 2 is 1.70 bits per heavy atom. The lowest BCUT2D eigenvalue weighted by Crippen LogP contribution is -2.25. The Morgan fingerprint density at radius 3 is 2.30 bits per heavy atom. The van der Waals surface area contributed by atoms with E-state index in [1.807, 2.05) is 13.8 Å². The van der Waals surface area contributed by atoms with Gasteiger partial charge in [-0.2, -0.15) is 0 Å². The Kier molecular flexibility index (Phi) is 4.96. The van der Waals surface area contributed by atoms with Gasteiger partial charge >= 0.3 is 0 Å². The summed E-state index contributed by atoms with van der Waals surface area (Å²) >= 11 is 0. The Morgan fingerprint density at radius 1 is 1.05 bits per heavy atom. The summed E-state index contributed by atoms with van der Waals surface area (Å²) in [6.45, 7) is 10.4. The number of hydrogen-bond donors (Lipinski definition) is 1. The van der Waals surface area contributed by atoms with Gasteiger partial charge in [0.15, 0.2) is 0 Å². The summed E-state index contributed by atoms with van der Waals surface area (Å²) < 4.78 is 5.24. The summed E-state index contributed by atoms with van der Waals surface area (Å²) in [7, 11) is 0. The quantitative estimate of drug-likeness (QED) is 0.869. The molecule has 1 N–H and O–H groups in total. The van der Waals surface area contributed by atoms with Crippen molar-refractivity contribution in [1.82, 2.24) is 10.5 Å². The van der Waals surface area contributed by atoms with Gasteiger partial charge < -0.3 is 9.84 Å². The van der Waals surface area contributed by atoms with Gasteiger partial charge in [0.05, 0.1) is 5.69 Å². The van der Waals surface area contributed by atoms with Gasteiger partial charge in [-0.1, -0.05) is 49.3 Å². The summed E-state index contributed by atoms with van der Waals surface area (Å²) in [6.07, 6.45) is 0. The van der Waals surface area contributed by atoms with Crippen LogP contribution in [-0.2, 0) is 0 Å². The van der Waals surface area contributed by atoms with Crippen LogP contribution in [-0.4, -0.2) is 18.2 Å². The monoisotopic (exact) mass is 272 g/mol. The molecule has 3 nitrogen and oxygen atoms in total. The van der Waals surface area contributed by atoms with Crippen LogP contribution in [0.15, 0.2) is 34.9 Å². The number of benzene rings is 1. The van der Waals surface area contributed by atoms with Gasteiger partial charge in [-0.15, -0.1) is 0 Å². The van der Waals surface area contributed by atoms with Crippen molar-refractivity contribution < 1.29 is 4.52 Å². The predicted molar refractivity (Wildman–Crippen MR) is 82.1 cm³/mol. The summed E-state index contributed by atoms with van der Waals surface area (Å²) in [5.74, 6) is 1.88. The molecule has 1 aromatic carbocycles. The molecule has 2 rings (SSSR count). The summed E-state index contributed by atoms with van der Waals surface area (Å²) in [6, 6.07) is 10.6. The fraction of sp³-hybridized carbons (Fsp3) is 0.471. The number of aromatic nitrogens is 1. The van der Waals surface area contributed by atoms with E-state index in [-0.39, 0.29) is 0 Å². The van der Waals surface area contributed by atoms with Crippen molar-refractivity contribution in [3.05, 3.63) is 52.9 Å². The molecule has 2 atom stereocenters. The molecule has 0 saturated heterocycles. The maximum Gasteiger partial charge on any atom is 0.137 e. The zero-order valence-electron chi connectivity index (χ0n) is 12.8. The van der Waals surface area contributed by atoms with Crippen LogP contribution in [0.4, 0.5) is 0 Å². The highest BCUT2D eigenvalue weighted by atomic mass is 16.5. The Bertz CT molecular complexity index is 514. The standard InChI is InChI=1S/C17H24N2O/c1-12(16-8-6-5-7-9-16)10-18-11-13(2)17-14(3)19-20-15(17)4/h5-9,12-13,18H,10-11H2,1-4H3/t12-,13-/m0/s1. The van der Waals surface area contributed by atoms with Crippen molar-refractivity contribution in [2.75, 3.05) is 13.1 Å². The van der Waals surface area contributed by atoms with E-state index in [2.05, 4.69) is 54.7 Å². The van der Waals surface area contributed by atoms with Crippen LogP contribution in [0.5, 0.6) is 0 Å². The van der Waals surface area contributed by atoms with Crippen molar-refractivity contribution in [3.8, 4) is 0 Å². The second-order valence-corrected chi connectivity index (χ2v) is 5.61. The van der Waals surface area contributed by atoms with E-state index in [9.17, 15) is 0 Å². The maximum absolute atomic E-state index is 5.24. The molecular weight excluding hydrogens is 248 g/mol. The molecular formula is C17H24N2O. The smallest absolute Gasteiger partial charge is 0.137 e. The molecule has 0 bridgehead atoms. The minimum Gasteiger partial charge on any atom is -0.361 e. The molecule has 3 heteroatoms. The number of hydrogen-bond acceptors (Lipinski definition) is 3. The van der Waals surface area contributed by atoms with E-state index >= 15 is 0 Å². The highest BCUT2D eigenvalue weighted by Gasteiger charge is 2.16. The molecule has 2 aromatic rings. The third-order valence-electron chi connectivity index (χ3n) is 3.85. The molecule has 20 heavy (non-hydrogen) atoms. The maximum atomic E-state index is 5.24. The molecule has 0 fully saturated rings. The summed E-state index contributed by atoms with van der Waals surface area (Å²) in [5.41, 5.74) is 3.63. The van der Waals surface area contributed by atoms with Gasteiger partial charge in [0, 0.05) is 18.7 Å².